The second kappa shape index (κ2) is 6.38. The maximum atomic E-state index is 6.11. The lowest BCUT2D eigenvalue weighted by atomic mass is 9.91. The van der Waals surface area contributed by atoms with E-state index in [9.17, 15) is 0 Å². The van der Waals surface area contributed by atoms with Crippen molar-refractivity contribution in [2.45, 2.75) is 26.2 Å². The fourth-order valence-electron chi connectivity index (χ4n) is 1.90. The monoisotopic (exact) mass is 479 g/mol. The van der Waals surface area contributed by atoms with Gasteiger partial charge in [0.15, 0.2) is 5.82 Å². The van der Waals surface area contributed by atoms with Crippen molar-refractivity contribution in [3.8, 4) is 11.4 Å². The average molecular weight is 481 g/mol. The van der Waals surface area contributed by atoms with E-state index in [1.807, 2.05) is 25.2 Å². The number of halogens is 3. The molecule has 0 bridgehead atoms. The van der Waals surface area contributed by atoms with Gasteiger partial charge in [0.1, 0.15) is 5.82 Å². The van der Waals surface area contributed by atoms with Gasteiger partial charge in [-0.15, -0.1) is 0 Å². The van der Waals surface area contributed by atoms with Crippen LogP contribution in [0.4, 0.5) is 5.82 Å². The summed E-state index contributed by atoms with van der Waals surface area (Å²) >= 11 is 11.9. The molecule has 0 aliphatic heterocycles. The first-order valence-corrected chi connectivity index (χ1v) is 8.70. The van der Waals surface area contributed by atoms with Crippen LogP contribution in [-0.4, -0.2) is 17.0 Å². The fraction of sp³-hybridized carbons (Fsp3) is 0.333. The van der Waals surface area contributed by atoms with Crippen LogP contribution in [0.2, 0.25) is 5.02 Å². The van der Waals surface area contributed by atoms with Gasteiger partial charge in [-0.1, -0.05) is 48.3 Å². The highest BCUT2D eigenvalue weighted by atomic mass is 127. The third-order valence-corrected chi connectivity index (χ3v) is 4.92. The van der Waals surface area contributed by atoms with E-state index in [4.69, 9.17) is 16.6 Å². The van der Waals surface area contributed by atoms with Gasteiger partial charge in [-0.25, -0.2) is 9.97 Å². The minimum absolute atomic E-state index is 0.0646. The molecule has 0 fully saturated rings. The van der Waals surface area contributed by atoms with Gasteiger partial charge in [0, 0.05) is 27.5 Å². The van der Waals surface area contributed by atoms with Crippen molar-refractivity contribution in [2.75, 3.05) is 12.4 Å². The molecule has 1 aromatic heterocycles. The summed E-state index contributed by atoms with van der Waals surface area (Å²) in [5, 5.41) is 3.81. The molecule has 1 aromatic carbocycles. The van der Waals surface area contributed by atoms with Crippen LogP contribution in [-0.2, 0) is 5.41 Å². The highest BCUT2D eigenvalue weighted by molar-refractivity contribution is 14.1. The summed E-state index contributed by atoms with van der Waals surface area (Å²) in [6, 6.07) is 5.63. The van der Waals surface area contributed by atoms with E-state index < -0.39 is 0 Å². The van der Waals surface area contributed by atoms with Crippen molar-refractivity contribution in [2.24, 2.45) is 0 Å². The SMILES string of the molecule is CNc1nc(-c2cc(Cl)ccc2Br)nc(C(C)(C)C)c1I. The van der Waals surface area contributed by atoms with Gasteiger partial charge in [-0.3, -0.25) is 0 Å². The van der Waals surface area contributed by atoms with Crippen molar-refractivity contribution in [1.82, 2.24) is 9.97 Å². The van der Waals surface area contributed by atoms with Crippen LogP contribution in [0.1, 0.15) is 26.5 Å². The molecule has 0 aliphatic carbocycles. The van der Waals surface area contributed by atoms with Gasteiger partial charge in [0.25, 0.3) is 0 Å². The van der Waals surface area contributed by atoms with Crippen molar-refractivity contribution >= 4 is 55.9 Å². The van der Waals surface area contributed by atoms with Gasteiger partial charge in [0.05, 0.1) is 9.26 Å². The molecule has 0 saturated heterocycles. The maximum Gasteiger partial charge on any atom is 0.163 e. The molecule has 112 valence electrons. The van der Waals surface area contributed by atoms with Gasteiger partial charge in [-0.2, -0.15) is 0 Å². The third-order valence-electron chi connectivity index (χ3n) is 2.97. The molecule has 1 heterocycles. The molecule has 1 N–H and O–H groups in total. The summed E-state index contributed by atoms with van der Waals surface area (Å²) in [7, 11) is 1.87. The van der Waals surface area contributed by atoms with Crippen LogP contribution in [0.3, 0.4) is 0 Å². The zero-order valence-corrected chi connectivity index (χ0v) is 16.8. The summed E-state index contributed by atoms with van der Waals surface area (Å²) in [6.45, 7) is 6.44. The molecule has 0 unspecified atom stereocenters. The minimum atomic E-state index is -0.0646. The summed E-state index contributed by atoms with van der Waals surface area (Å²) in [4.78, 5) is 9.40. The summed E-state index contributed by atoms with van der Waals surface area (Å²) in [6.07, 6.45) is 0. The van der Waals surface area contributed by atoms with Crippen LogP contribution in [0.25, 0.3) is 11.4 Å². The molecule has 0 aliphatic rings. The largest absolute Gasteiger partial charge is 0.372 e. The predicted molar refractivity (Wildman–Crippen MR) is 101 cm³/mol. The number of aromatic nitrogens is 2. The van der Waals surface area contributed by atoms with Crippen molar-refractivity contribution in [3.63, 3.8) is 0 Å². The molecular formula is C15H16BrClIN3. The van der Waals surface area contributed by atoms with E-state index in [-0.39, 0.29) is 5.41 Å². The van der Waals surface area contributed by atoms with Crippen LogP contribution < -0.4 is 5.32 Å². The molecule has 0 radical (unpaired) electrons. The average Bonchev–Trinajstić information content (AvgIpc) is 2.40. The first kappa shape index (κ1) is 17.0. The topological polar surface area (TPSA) is 37.8 Å². The lowest BCUT2D eigenvalue weighted by molar-refractivity contribution is 0.564. The van der Waals surface area contributed by atoms with E-state index in [0.717, 1.165) is 25.1 Å². The van der Waals surface area contributed by atoms with Crippen molar-refractivity contribution in [3.05, 3.63) is 37.0 Å². The van der Waals surface area contributed by atoms with Gasteiger partial charge < -0.3 is 5.32 Å². The molecule has 3 nitrogen and oxygen atoms in total. The molecule has 2 rings (SSSR count). The number of hydrogen-bond donors (Lipinski definition) is 1. The van der Waals surface area contributed by atoms with Crippen LogP contribution in [0.15, 0.2) is 22.7 Å². The van der Waals surface area contributed by atoms with E-state index in [2.05, 4.69) is 69.6 Å². The van der Waals surface area contributed by atoms with E-state index >= 15 is 0 Å². The lowest BCUT2D eigenvalue weighted by Gasteiger charge is -2.22. The van der Waals surface area contributed by atoms with Crippen LogP contribution >= 0.6 is 50.1 Å². The Hall–Kier alpha value is -0.400. The quantitative estimate of drug-likeness (QED) is 0.577. The van der Waals surface area contributed by atoms with Crippen molar-refractivity contribution < 1.29 is 0 Å². The number of anilines is 1. The Morgan fingerprint density at radius 1 is 1.24 bits per heavy atom. The molecule has 0 amide bonds. The summed E-state index contributed by atoms with van der Waals surface area (Å²) in [5.74, 6) is 1.50. The highest BCUT2D eigenvalue weighted by Gasteiger charge is 2.23. The fourth-order valence-corrected chi connectivity index (χ4v) is 3.82. The summed E-state index contributed by atoms with van der Waals surface area (Å²) < 4.78 is 1.97. The molecule has 0 spiro atoms. The standard InChI is InChI=1S/C15H16BrClIN3/c1-15(2,3)12-11(18)14(19-4)21-13(20-12)9-7-8(17)5-6-10(9)16/h5-7H,1-4H3,(H,19,20,21). The number of hydrogen-bond acceptors (Lipinski definition) is 3. The van der Waals surface area contributed by atoms with Crippen molar-refractivity contribution in [1.29, 1.82) is 0 Å². The second-order valence-electron chi connectivity index (χ2n) is 5.68. The lowest BCUT2D eigenvalue weighted by Crippen LogP contribution is -2.18. The van der Waals surface area contributed by atoms with E-state index in [1.54, 1.807) is 0 Å². The first-order chi connectivity index (χ1) is 9.74. The first-order valence-electron chi connectivity index (χ1n) is 6.45. The second-order valence-corrected chi connectivity index (χ2v) is 8.05. The normalized spacial score (nSPS) is 11.6. The molecular weight excluding hydrogens is 464 g/mol. The maximum absolute atomic E-state index is 6.11. The van der Waals surface area contributed by atoms with Gasteiger partial charge in [0.2, 0.25) is 0 Å². The Kier molecular flexibility index (Phi) is 5.15. The Bertz CT molecular complexity index is 683. The molecule has 6 heteroatoms. The zero-order chi connectivity index (χ0) is 15.8. The van der Waals surface area contributed by atoms with Gasteiger partial charge in [-0.05, 0) is 40.8 Å². The number of rotatable bonds is 2. The predicted octanol–water partition coefficient (Wildman–Crippen LogP) is 5.50. The molecule has 21 heavy (non-hydrogen) atoms. The molecule has 2 aromatic rings. The Morgan fingerprint density at radius 3 is 2.48 bits per heavy atom. The highest BCUT2D eigenvalue weighted by Crippen LogP contribution is 2.34. The summed E-state index contributed by atoms with van der Waals surface area (Å²) in [5.41, 5.74) is 1.84. The minimum Gasteiger partial charge on any atom is -0.372 e. The number of nitrogens with one attached hydrogen (secondary N) is 1. The number of nitrogens with zero attached hydrogens (tertiary/aromatic N) is 2. The van der Waals surface area contributed by atoms with E-state index in [0.29, 0.717) is 10.8 Å². The van der Waals surface area contributed by atoms with Crippen LogP contribution in [0, 0.1) is 3.57 Å². The Morgan fingerprint density at radius 2 is 1.90 bits per heavy atom. The molecule has 0 atom stereocenters. The van der Waals surface area contributed by atoms with E-state index in [1.165, 1.54) is 0 Å². The van der Waals surface area contributed by atoms with Gasteiger partial charge >= 0.3 is 0 Å². The third kappa shape index (κ3) is 3.68. The number of benzene rings is 1. The van der Waals surface area contributed by atoms with Crippen LogP contribution in [0.5, 0.6) is 0 Å². The zero-order valence-electron chi connectivity index (χ0n) is 12.3. The smallest absolute Gasteiger partial charge is 0.163 e. The Labute approximate surface area is 152 Å². The molecule has 0 saturated carbocycles. The Balaban J connectivity index is 2.73.